The van der Waals surface area contributed by atoms with Gasteiger partial charge in [0.2, 0.25) is 0 Å². The molecule has 3 aromatic rings. The molecule has 1 heterocycles. The van der Waals surface area contributed by atoms with E-state index in [-0.39, 0.29) is 11.7 Å². The molecular formula is C20H19FN4O2S. The lowest BCUT2D eigenvalue weighted by molar-refractivity contribution is 0.0958. The number of nitrogens with two attached hydrogens (primary N) is 1. The molecular weight excluding hydrogens is 379 g/mol. The molecule has 3 rings (SSSR count). The van der Waals surface area contributed by atoms with Crippen LogP contribution in [0.3, 0.4) is 0 Å². The second-order valence-corrected chi connectivity index (χ2v) is 6.90. The molecule has 6 nitrogen and oxygen atoms in total. The van der Waals surface area contributed by atoms with Crippen LogP contribution in [0.25, 0.3) is 0 Å². The van der Waals surface area contributed by atoms with E-state index < -0.39 is 0 Å². The molecule has 0 unspecified atom stereocenters. The summed E-state index contributed by atoms with van der Waals surface area (Å²) in [6, 6.07) is 13.4. The van der Waals surface area contributed by atoms with Crippen LogP contribution in [0, 0.1) is 5.82 Å². The minimum absolute atomic E-state index is 0.281. The average Bonchev–Trinajstić information content (AvgIpc) is 3.09. The summed E-state index contributed by atoms with van der Waals surface area (Å²) in [5.74, 6) is 0.0187. The molecule has 0 saturated heterocycles. The van der Waals surface area contributed by atoms with Gasteiger partial charge in [-0.2, -0.15) is 5.10 Å². The van der Waals surface area contributed by atoms with E-state index in [2.05, 4.69) is 15.5 Å². The van der Waals surface area contributed by atoms with Crippen LogP contribution in [0.4, 0.5) is 9.52 Å². The van der Waals surface area contributed by atoms with Crippen molar-refractivity contribution < 1.29 is 13.9 Å². The molecule has 3 N–H and O–H groups in total. The number of hydrogen-bond donors (Lipinski definition) is 2. The number of aromatic nitrogens is 1. The van der Waals surface area contributed by atoms with Crippen LogP contribution >= 0.6 is 11.3 Å². The van der Waals surface area contributed by atoms with Crippen molar-refractivity contribution in [2.75, 3.05) is 5.73 Å². The minimum atomic E-state index is -0.342. The molecule has 28 heavy (non-hydrogen) atoms. The van der Waals surface area contributed by atoms with Gasteiger partial charge in [-0.25, -0.2) is 14.8 Å². The third-order valence-corrected chi connectivity index (χ3v) is 4.74. The molecule has 2 aromatic carbocycles. The molecule has 0 radical (unpaired) electrons. The van der Waals surface area contributed by atoms with E-state index in [1.54, 1.807) is 18.2 Å². The van der Waals surface area contributed by atoms with Gasteiger partial charge < -0.3 is 10.5 Å². The number of hydrazone groups is 1. The van der Waals surface area contributed by atoms with E-state index in [0.29, 0.717) is 34.5 Å². The number of anilines is 1. The van der Waals surface area contributed by atoms with Crippen molar-refractivity contribution in [3.05, 3.63) is 76.0 Å². The maximum Gasteiger partial charge on any atom is 0.283 e. The standard InChI is InChI=1S/C20H19FN4O2S/c1-2-17-18(28-20(22)24-17)19(26)25-23-11-14-4-3-5-16(10-14)27-12-13-6-8-15(21)9-7-13/h3-11H,2,12H2,1H3,(H2,22,24)(H,25,26)/b23-11-. The number of nitrogens with zero attached hydrogens (tertiary/aromatic N) is 2. The summed E-state index contributed by atoms with van der Waals surface area (Å²) in [5.41, 5.74) is 10.4. The molecule has 1 aromatic heterocycles. The van der Waals surface area contributed by atoms with Crippen LogP contribution in [0.5, 0.6) is 5.75 Å². The van der Waals surface area contributed by atoms with Gasteiger partial charge in [-0.3, -0.25) is 4.79 Å². The van der Waals surface area contributed by atoms with Gasteiger partial charge in [0.15, 0.2) is 5.13 Å². The van der Waals surface area contributed by atoms with Crippen molar-refractivity contribution in [2.45, 2.75) is 20.0 Å². The summed E-state index contributed by atoms with van der Waals surface area (Å²) in [6.07, 6.45) is 2.15. The molecule has 0 saturated carbocycles. The first kappa shape index (κ1) is 19.5. The van der Waals surface area contributed by atoms with Crippen molar-refractivity contribution in [1.82, 2.24) is 10.4 Å². The summed E-state index contributed by atoms with van der Waals surface area (Å²) in [6.45, 7) is 2.23. The molecule has 1 amide bonds. The maximum atomic E-state index is 12.9. The number of aryl methyl sites for hydroxylation is 1. The van der Waals surface area contributed by atoms with E-state index in [1.807, 2.05) is 25.1 Å². The van der Waals surface area contributed by atoms with Crippen molar-refractivity contribution in [3.63, 3.8) is 0 Å². The summed E-state index contributed by atoms with van der Waals surface area (Å²) in [4.78, 5) is 16.8. The summed E-state index contributed by atoms with van der Waals surface area (Å²) < 4.78 is 18.6. The molecule has 0 bridgehead atoms. The number of hydrogen-bond acceptors (Lipinski definition) is 6. The molecule has 8 heteroatoms. The molecule has 0 aliphatic heterocycles. The van der Waals surface area contributed by atoms with E-state index in [0.717, 1.165) is 22.5 Å². The van der Waals surface area contributed by atoms with E-state index in [1.165, 1.54) is 18.3 Å². The maximum absolute atomic E-state index is 12.9. The molecule has 0 aliphatic carbocycles. The second kappa shape index (κ2) is 9.09. The third kappa shape index (κ3) is 5.14. The molecule has 0 spiro atoms. The zero-order valence-corrected chi connectivity index (χ0v) is 16.0. The van der Waals surface area contributed by atoms with Gasteiger partial charge in [0, 0.05) is 0 Å². The highest BCUT2D eigenvalue weighted by Crippen LogP contribution is 2.20. The minimum Gasteiger partial charge on any atom is -0.489 e. The number of nitrogen functional groups attached to an aromatic ring is 1. The number of carbonyl (C=O) groups is 1. The van der Waals surface area contributed by atoms with E-state index >= 15 is 0 Å². The first-order valence-corrected chi connectivity index (χ1v) is 9.42. The Morgan fingerprint density at radius 2 is 2.11 bits per heavy atom. The first-order valence-electron chi connectivity index (χ1n) is 8.61. The first-order chi connectivity index (χ1) is 13.5. The Balaban J connectivity index is 1.59. The number of thiazole rings is 1. The van der Waals surface area contributed by atoms with E-state index in [4.69, 9.17) is 10.5 Å². The lowest BCUT2D eigenvalue weighted by Gasteiger charge is -2.07. The van der Waals surface area contributed by atoms with Gasteiger partial charge >= 0.3 is 0 Å². The SMILES string of the molecule is CCc1nc(N)sc1C(=O)N/N=C\c1cccc(OCc2ccc(F)cc2)c1. The largest absolute Gasteiger partial charge is 0.489 e. The van der Waals surface area contributed by atoms with Crippen molar-refractivity contribution in [2.24, 2.45) is 5.10 Å². The van der Waals surface area contributed by atoms with Crippen LogP contribution in [0.2, 0.25) is 0 Å². The number of amides is 1. The predicted octanol–water partition coefficient (Wildman–Crippen LogP) is 3.77. The highest BCUT2D eigenvalue weighted by atomic mass is 32.1. The predicted molar refractivity (Wildman–Crippen MR) is 108 cm³/mol. The summed E-state index contributed by atoms with van der Waals surface area (Å²) in [5, 5.41) is 4.35. The van der Waals surface area contributed by atoms with Crippen LogP contribution in [-0.4, -0.2) is 17.1 Å². The molecule has 144 valence electrons. The lowest BCUT2D eigenvalue weighted by atomic mass is 10.2. The van der Waals surface area contributed by atoms with Gasteiger partial charge in [0.25, 0.3) is 5.91 Å². The molecule has 0 atom stereocenters. The number of nitrogens with one attached hydrogen (secondary N) is 1. The summed E-state index contributed by atoms with van der Waals surface area (Å²) >= 11 is 1.14. The molecule has 0 fully saturated rings. The lowest BCUT2D eigenvalue weighted by Crippen LogP contribution is -2.17. The fourth-order valence-corrected chi connectivity index (χ4v) is 3.25. The topological polar surface area (TPSA) is 89.6 Å². The number of benzene rings is 2. The number of ether oxygens (including phenoxy) is 1. The monoisotopic (exact) mass is 398 g/mol. The van der Waals surface area contributed by atoms with Gasteiger partial charge in [-0.05, 0) is 41.8 Å². The Morgan fingerprint density at radius 3 is 2.86 bits per heavy atom. The Labute approximate surface area is 165 Å². The Bertz CT molecular complexity index is 986. The second-order valence-electron chi connectivity index (χ2n) is 5.87. The highest BCUT2D eigenvalue weighted by molar-refractivity contribution is 7.17. The number of carbonyl (C=O) groups excluding carboxylic acids is 1. The quantitative estimate of drug-likeness (QED) is 0.468. The van der Waals surface area contributed by atoms with Gasteiger partial charge in [0.05, 0.1) is 11.9 Å². The molecule has 0 aliphatic rings. The Kier molecular flexibility index (Phi) is 6.33. The van der Waals surface area contributed by atoms with Crippen molar-refractivity contribution >= 4 is 28.6 Å². The highest BCUT2D eigenvalue weighted by Gasteiger charge is 2.15. The van der Waals surface area contributed by atoms with E-state index in [9.17, 15) is 9.18 Å². The smallest absolute Gasteiger partial charge is 0.283 e. The zero-order valence-electron chi connectivity index (χ0n) is 15.2. The zero-order chi connectivity index (χ0) is 19.9. The fourth-order valence-electron chi connectivity index (χ4n) is 2.44. The fraction of sp³-hybridized carbons (Fsp3) is 0.150. The van der Waals surface area contributed by atoms with Crippen LogP contribution < -0.4 is 15.9 Å². The normalized spacial score (nSPS) is 10.9. The Morgan fingerprint density at radius 1 is 1.32 bits per heavy atom. The van der Waals surface area contributed by atoms with Crippen LogP contribution in [-0.2, 0) is 13.0 Å². The third-order valence-electron chi connectivity index (χ3n) is 3.81. The van der Waals surface area contributed by atoms with Crippen LogP contribution in [0.1, 0.15) is 33.4 Å². The summed E-state index contributed by atoms with van der Waals surface area (Å²) in [7, 11) is 0. The number of rotatable bonds is 7. The van der Waals surface area contributed by atoms with Crippen LogP contribution in [0.15, 0.2) is 53.6 Å². The van der Waals surface area contributed by atoms with Gasteiger partial charge in [0.1, 0.15) is 23.1 Å². The van der Waals surface area contributed by atoms with Gasteiger partial charge in [-0.1, -0.05) is 42.5 Å². The van der Waals surface area contributed by atoms with Crippen molar-refractivity contribution in [3.8, 4) is 5.75 Å². The number of halogens is 1. The average molecular weight is 398 g/mol. The van der Waals surface area contributed by atoms with Gasteiger partial charge in [-0.15, -0.1) is 0 Å². The Hall–Kier alpha value is -3.26. The van der Waals surface area contributed by atoms with Crippen molar-refractivity contribution in [1.29, 1.82) is 0 Å².